The first kappa shape index (κ1) is 17.9. The quantitative estimate of drug-likeness (QED) is 0.669. The zero-order chi connectivity index (χ0) is 20.0. The molecule has 150 valence electrons. The molecule has 0 bridgehead atoms. The molecule has 29 heavy (non-hydrogen) atoms. The Hall–Kier alpha value is -3.17. The van der Waals surface area contributed by atoms with Gasteiger partial charge in [0.15, 0.2) is 23.2 Å². The molecule has 0 unspecified atom stereocenters. The number of nitrogens with zero attached hydrogens (tertiary/aromatic N) is 6. The molecule has 10 heteroatoms. The molecule has 3 heterocycles. The van der Waals surface area contributed by atoms with E-state index in [9.17, 15) is 13.6 Å². The van der Waals surface area contributed by atoms with Crippen molar-refractivity contribution >= 4 is 5.91 Å². The van der Waals surface area contributed by atoms with Crippen LogP contribution in [0.3, 0.4) is 0 Å². The van der Waals surface area contributed by atoms with Gasteiger partial charge in [0.1, 0.15) is 0 Å². The smallest absolute Gasteiger partial charge is 0.280 e. The highest BCUT2D eigenvalue weighted by atomic mass is 19.2. The first-order chi connectivity index (χ1) is 14.1. The number of likely N-dealkylation sites (tertiary alicyclic amines) is 1. The van der Waals surface area contributed by atoms with Crippen LogP contribution in [0.2, 0.25) is 0 Å². The third-order valence-corrected chi connectivity index (χ3v) is 5.41. The third kappa shape index (κ3) is 3.50. The van der Waals surface area contributed by atoms with Crippen LogP contribution in [0.4, 0.5) is 8.78 Å². The molecule has 0 atom stereocenters. The summed E-state index contributed by atoms with van der Waals surface area (Å²) in [5, 5.41) is 12.3. The van der Waals surface area contributed by atoms with Gasteiger partial charge in [0.05, 0.1) is 12.2 Å². The van der Waals surface area contributed by atoms with Crippen LogP contribution >= 0.6 is 0 Å². The number of benzene rings is 1. The van der Waals surface area contributed by atoms with Gasteiger partial charge in [-0.1, -0.05) is 10.4 Å². The molecule has 3 aromatic rings. The van der Waals surface area contributed by atoms with Crippen molar-refractivity contribution in [1.82, 2.24) is 30.0 Å². The number of piperidine rings is 1. The van der Waals surface area contributed by atoms with Gasteiger partial charge in [-0.05, 0) is 43.9 Å². The van der Waals surface area contributed by atoms with Gasteiger partial charge >= 0.3 is 0 Å². The summed E-state index contributed by atoms with van der Waals surface area (Å²) >= 11 is 0. The molecule has 1 aliphatic heterocycles. The van der Waals surface area contributed by atoms with E-state index in [1.165, 1.54) is 6.07 Å². The van der Waals surface area contributed by atoms with E-state index in [0.717, 1.165) is 30.8 Å². The van der Waals surface area contributed by atoms with Crippen molar-refractivity contribution in [2.45, 2.75) is 37.6 Å². The van der Waals surface area contributed by atoms with E-state index >= 15 is 0 Å². The second-order valence-electron chi connectivity index (χ2n) is 7.47. The van der Waals surface area contributed by atoms with Crippen molar-refractivity contribution in [2.75, 3.05) is 13.1 Å². The summed E-state index contributed by atoms with van der Waals surface area (Å²) in [5.41, 5.74) is 0.679. The van der Waals surface area contributed by atoms with Gasteiger partial charge < -0.3 is 9.42 Å². The summed E-state index contributed by atoms with van der Waals surface area (Å²) in [5.74, 6) is -0.804. The van der Waals surface area contributed by atoms with E-state index in [-0.39, 0.29) is 17.5 Å². The second-order valence-corrected chi connectivity index (χ2v) is 7.47. The van der Waals surface area contributed by atoms with Crippen LogP contribution in [0.5, 0.6) is 0 Å². The van der Waals surface area contributed by atoms with Crippen molar-refractivity contribution in [3.05, 3.63) is 47.4 Å². The van der Waals surface area contributed by atoms with Crippen LogP contribution < -0.4 is 0 Å². The van der Waals surface area contributed by atoms with E-state index in [0.29, 0.717) is 43.4 Å². The summed E-state index contributed by atoms with van der Waals surface area (Å²) in [6, 6.07) is 3.29. The molecule has 5 rings (SSSR count). The molecular weight excluding hydrogens is 382 g/mol. The molecule has 0 spiro atoms. The Morgan fingerprint density at radius 3 is 2.62 bits per heavy atom. The summed E-state index contributed by atoms with van der Waals surface area (Å²) in [6.07, 6.45) is 5.31. The fraction of sp³-hybridized carbons (Fsp3) is 0.421. The van der Waals surface area contributed by atoms with Gasteiger partial charge in [0.2, 0.25) is 0 Å². The lowest BCUT2D eigenvalue weighted by molar-refractivity contribution is 0.0688. The SMILES string of the molecule is O=C(c1ccc(F)c(F)c1)N1CCC(n2cc(-c3nc(C4CC4)no3)nn2)CC1. The average molecular weight is 400 g/mol. The van der Waals surface area contributed by atoms with Crippen molar-refractivity contribution < 1.29 is 18.1 Å². The third-order valence-electron chi connectivity index (χ3n) is 5.41. The molecule has 1 saturated heterocycles. The first-order valence-electron chi connectivity index (χ1n) is 9.58. The summed E-state index contributed by atoms with van der Waals surface area (Å²) < 4.78 is 33.5. The maximum Gasteiger partial charge on any atom is 0.280 e. The van der Waals surface area contributed by atoms with Gasteiger partial charge in [-0.15, -0.1) is 5.10 Å². The predicted molar refractivity (Wildman–Crippen MR) is 95.8 cm³/mol. The largest absolute Gasteiger partial charge is 0.338 e. The lowest BCUT2D eigenvalue weighted by atomic mass is 10.0. The Kier molecular flexibility index (Phi) is 4.33. The molecule has 0 radical (unpaired) electrons. The Balaban J connectivity index is 1.23. The molecule has 1 aliphatic carbocycles. The summed E-state index contributed by atoms with van der Waals surface area (Å²) in [7, 11) is 0. The van der Waals surface area contributed by atoms with E-state index in [1.807, 2.05) is 0 Å². The minimum atomic E-state index is -1.02. The second kappa shape index (κ2) is 7.02. The van der Waals surface area contributed by atoms with Gasteiger partial charge in [0, 0.05) is 24.6 Å². The molecule has 1 saturated carbocycles. The predicted octanol–water partition coefficient (Wildman–Crippen LogP) is 2.96. The fourth-order valence-corrected chi connectivity index (χ4v) is 3.54. The number of hydrogen-bond acceptors (Lipinski definition) is 6. The maximum atomic E-state index is 13.4. The summed E-state index contributed by atoms with van der Waals surface area (Å²) in [4.78, 5) is 18.6. The molecule has 1 amide bonds. The summed E-state index contributed by atoms with van der Waals surface area (Å²) in [6.45, 7) is 0.980. The average Bonchev–Trinajstić information content (AvgIpc) is 3.27. The van der Waals surface area contributed by atoms with Gasteiger partial charge in [-0.3, -0.25) is 4.79 Å². The number of carbonyl (C=O) groups is 1. The number of amides is 1. The Bertz CT molecular complexity index is 1050. The fourth-order valence-electron chi connectivity index (χ4n) is 3.54. The normalized spacial score (nSPS) is 17.7. The zero-order valence-corrected chi connectivity index (χ0v) is 15.5. The van der Waals surface area contributed by atoms with Gasteiger partial charge in [-0.2, -0.15) is 4.98 Å². The number of carbonyl (C=O) groups excluding carboxylic acids is 1. The number of rotatable bonds is 4. The van der Waals surface area contributed by atoms with Crippen molar-refractivity contribution in [3.8, 4) is 11.6 Å². The highest BCUT2D eigenvalue weighted by Crippen LogP contribution is 2.38. The van der Waals surface area contributed by atoms with Crippen LogP contribution in [0, 0.1) is 11.6 Å². The molecule has 2 aliphatic rings. The standard InChI is InChI=1S/C19H18F2N6O2/c20-14-4-3-12(9-15(14)21)19(28)26-7-5-13(6-8-26)27-10-16(23-25-27)18-22-17(24-29-18)11-1-2-11/h3-4,9-11,13H,1-2,5-8H2. The lowest BCUT2D eigenvalue weighted by Crippen LogP contribution is -2.39. The van der Waals surface area contributed by atoms with Gasteiger partial charge in [-0.25, -0.2) is 13.5 Å². The van der Waals surface area contributed by atoms with E-state index in [4.69, 9.17) is 4.52 Å². The highest BCUT2D eigenvalue weighted by Gasteiger charge is 2.30. The molecular formula is C19H18F2N6O2. The number of halogens is 2. The van der Waals surface area contributed by atoms with Crippen molar-refractivity contribution in [2.24, 2.45) is 0 Å². The number of aromatic nitrogens is 5. The van der Waals surface area contributed by atoms with Crippen molar-refractivity contribution in [1.29, 1.82) is 0 Å². The van der Waals surface area contributed by atoms with Crippen LogP contribution in [-0.2, 0) is 0 Å². The van der Waals surface area contributed by atoms with Crippen LogP contribution in [-0.4, -0.2) is 49.0 Å². The van der Waals surface area contributed by atoms with Crippen molar-refractivity contribution in [3.63, 3.8) is 0 Å². The topological polar surface area (TPSA) is 89.9 Å². The first-order valence-corrected chi connectivity index (χ1v) is 9.58. The minimum Gasteiger partial charge on any atom is -0.338 e. The lowest BCUT2D eigenvalue weighted by Gasteiger charge is -2.31. The van der Waals surface area contributed by atoms with Gasteiger partial charge in [0.25, 0.3) is 11.8 Å². The zero-order valence-electron chi connectivity index (χ0n) is 15.5. The Labute approximate surface area is 164 Å². The Morgan fingerprint density at radius 2 is 1.90 bits per heavy atom. The van der Waals surface area contributed by atoms with E-state index < -0.39 is 11.6 Å². The number of hydrogen-bond donors (Lipinski definition) is 0. The minimum absolute atomic E-state index is 0.0797. The molecule has 0 N–H and O–H groups in total. The monoisotopic (exact) mass is 400 g/mol. The maximum absolute atomic E-state index is 13.4. The van der Waals surface area contributed by atoms with Crippen LogP contribution in [0.25, 0.3) is 11.6 Å². The van der Waals surface area contributed by atoms with E-state index in [2.05, 4.69) is 20.5 Å². The van der Waals surface area contributed by atoms with E-state index in [1.54, 1.807) is 15.8 Å². The Morgan fingerprint density at radius 1 is 1.10 bits per heavy atom. The molecule has 8 nitrogen and oxygen atoms in total. The van der Waals surface area contributed by atoms with Crippen LogP contribution in [0.1, 0.15) is 53.8 Å². The highest BCUT2D eigenvalue weighted by molar-refractivity contribution is 5.94. The molecule has 1 aromatic carbocycles. The van der Waals surface area contributed by atoms with Crippen LogP contribution in [0.15, 0.2) is 28.9 Å². The molecule has 2 fully saturated rings. The molecule has 2 aromatic heterocycles.